The minimum atomic E-state index is 0.571. The molecule has 1 N–H and O–H groups in total. The maximum absolute atomic E-state index is 5.38. The van der Waals surface area contributed by atoms with Crippen molar-refractivity contribution in [1.82, 2.24) is 5.48 Å². The number of hydrogen-bond donors (Lipinski definition) is 1. The Morgan fingerprint density at radius 1 is 0.833 bits per heavy atom. The van der Waals surface area contributed by atoms with Gasteiger partial charge in [0, 0.05) is 0 Å². The molecule has 0 aliphatic rings. The van der Waals surface area contributed by atoms with E-state index in [0.29, 0.717) is 6.54 Å². The molecule has 0 saturated heterocycles. The van der Waals surface area contributed by atoms with Gasteiger partial charge in [-0.15, -0.1) is 0 Å². The first-order chi connectivity index (χ1) is 8.95. The van der Waals surface area contributed by atoms with Gasteiger partial charge >= 0.3 is 0 Å². The number of hydrogen-bond acceptors (Lipinski definition) is 3. The molecular formula is C15H15NO2. The van der Waals surface area contributed by atoms with Gasteiger partial charge in [-0.2, -0.15) is 5.48 Å². The highest BCUT2D eigenvalue weighted by molar-refractivity contribution is 5.22. The van der Waals surface area contributed by atoms with E-state index < -0.39 is 0 Å². The summed E-state index contributed by atoms with van der Waals surface area (Å²) in [7, 11) is 0. The van der Waals surface area contributed by atoms with Gasteiger partial charge in [0.15, 0.2) is 0 Å². The number of benzene rings is 2. The molecular weight excluding hydrogens is 226 g/mol. The monoisotopic (exact) mass is 241 g/mol. The second kappa shape index (κ2) is 7.14. The van der Waals surface area contributed by atoms with Crippen molar-refractivity contribution in [2.24, 2.45) is 0 Å². The molecule has 0 amide bonds. The fraction of sp³-hybridized carbons (Fsp3) is 0.0667. The lowest BCUT2D eigenvalue weighted by Gasteiger charge is -2.04. The molecule has 0 aromatic heterocycles. The summed E-state index contributed by atoms with van der Waals surface area (Å²) in [6, 6.07) is 19.2. The zero-order valence-corrected chi connectivity index (χ0v) is 9.95. The SMILES string of the molecule is C(=COc1ccccc1)CNOc1ccccc1. The van der Waals surface area contributed by atoms with Gasteiger partial charge in [0.1, 0.15) is 11.5 Å². The summed E-state index contributed by atoms with van der Waals surface area (Å²) in [5.74, 6) is 1.60. The van der Waals surface area contributed by atoms with Gasteiger partial charge in [-0.3, -0.25) is 0 Å². The molecule has 2 aromatic carbocycles. The van der Waals surface area contributed by atoms with Gasteiger partial charge in [-0.1, -0.05) is 36.4 Å². The molecule has 3 nitrogen and oxygen atoms in total. The zero-order valence-electron chi connectivity index (χ0n) is 9.95. The van der Waals surface area contributed by atoms with Crippen LogP contribution in [0.25, 0.3) is 0 Å². The second-order valence-electron chi connectivity index (χ2n) is 3.57. The molecule has 3 heteroatoms. The summed E-state index contributed by atoms with van der Waals surface area (Å²) >= 11 is 0. The number of nitrogens with one attached hydrogen (secondary N) is 1. The zero-order chi connectivity index (χ0) is 12.5. The molecule has 0 bridgehead atoms. The van der Waals surface area contributed by atoms with Crippen molar-refractivity contribution < 1.29 is 9.57 Å². The van der Waals surface area contributed by atoms with Crippen LogP contribution < -0.4 is 15.1 Å². The highest BCUT2D eigenvalue weighted by Crippen LogP contribution is 2.08. The van der Waals surface area contributed by atoms with E-state index in [1.165, 1.54) is 0 Å². The van der Waals surface area contributed by atoms with Crippen LogP contribution in [0.2, 0.25) is 0 Å². The Morgan fingerprint density at radius 3 is 2.11 bits per heavy atom. The summed E-state index contributed by atoms with van der Waals surface area (Å²) in [5.41, 5.74) is 2.82. The van der Waals surface area contributed by atoms with Crippen molar-refractivity contribution in [2.45, 2.75) is 0 Å². The van der Waals surface area contributed by atoms with Crippen LogP contribution >= 0.6 is 0 Å². The molecule has 2 aromatic rings. The Bertz CT molecular complexity index is 468. The average Bonchev–Trinajstić information content (AvgIpc) is 2.45. The normalized spacial score (nSPS) is 10.4. The largest absolute Gasteiger partial charge is 0.465 e. The Hall–Kier alpha value is -2.26. The predicted octanol–water partition coefficient (Wildman–Crippen LogP) is 3.16. The van der Waals surface area contributed by atoms with Crippen LogP contribution in [-0.4, -0.2) is 6.54 Å². The standard InChI is InChI=1S/C15H15NO2/c1-3-8-14(9-4-1)17-13-7-12-16-18-15-10-5-2-6-11-15/h1-11,13,16H,12H2. The van der Waals surface area contributed by atoms with Crippen molar-refractivity contribution in [3.63, 3.8) is 0 Å². The molecule has 18 heavy (non-hydrogen) atoms. The van der Waals surface area contributed by atoms with E-state index in [1.54, 1.807) is 6.26 Å². The molecule has 0 spiro atoms. The maximum atomic E-state index is 5.38. The van der Waals surface area contributed by atoms with Crippen LogP contribution in [0, 0.1) is 0 Å². The average molecular weight is 241 g/mol. The molecule has 0 unspecified atom stereocenters. The van der Waals surface area contributed by atoms with Gasteiger partial charge < -0.3 is 9.57 Å². The van der Waals surface area contributed by atoms with Crippen LogP contribution in [-0.2, 0) is 0 Å². The van der Waals surface area contributed by atoms with E-state index in [0.717, 1.165) is 11.5 Å². The minimum Gasteiger partial charge on any atom is -0.465 e. The van der Waals surface area contributed by atoms with Gasteiger partial charge in [-0.25, -0.2) is 0 Å². The van der Waals surface area contributed by atoms with E-state index in [9.17, 15) is 0 Å². The molecule has 0 saturated carbocycles. The van der Waals surface area contributed by atoms with Crippen LogP contribution in [0.15, 0.2) is 73.0 Å². The highest BCUT2D eigenvalue weighted by Gasteiger charge is 1.89. The summed E-state index contributed by atoms with van der Waals surface area (Å²) in [5, 5.41) is 0. The van der Waals surface area contributed by atoms with Crippen molar-refractivity contribution in [2.75, 3.05) is 6.54 Å². The Balaban J connectivity index is 1.64. The first kappa shape index (κ1) is 12.2. The summed E-state index contributed by atoms with van der Waals surface area (Å²) in [4.78, 5) is 5.30. The summed E-state index contributed by atoms with van der Waals surface area (Å²) < 4.78 is 5.38. The van der Waals surface area contributed by atoms with Gasteiger partial charge in [0.25, 0.3) is 0 Å². The van der Waals surface area contributed by atoms with Crippen LogP contribution in [0.3, 0.4) is 0 Å². The number of rotatable bonds is 6. The van der Waals surface area contributed by atoms with Crippen LogP contribution in [0.1, 0.15) is 0 Å². The topological polar surface area (TPSA) is 30.5 Å². The molecule has 0 atom stereocenters. The summed E-state index contributed by atoms with van der Waals surface area (Å²) in [6.45, 7) is 0.571. The molecule has 0 heterocycles. The second-order valence-corrected chi connectivity index (χ2v) is 3.57. The molecule has 0 radical (unpaired) electrons. The third-order valence-electron chi connectivity index (χ3n) is 2.18. The number of para-hydroxylation sites is 2. The van der Waals surface area contributed by atoms with E-state index in [4.69, 9.17) is 9.57 Å². The highest BCUT2D eigenvalue weighted by atomic mass is 16.6. The Morgan fingerprint density at radius 2 is 1.44 bits per heavy atom. The number of ether oxygens (including phenoxy) is 1. The molecule has 0 fully saturated rings. The summed E-state index contributed by atoms with van der Waals surface area (Å²) in [6.07, 6.45) is 3.48. The molecule has 2 rings (SSSR count). The van der Waals surface area contributed by atoms with Crippen molar-refractivity contribution in [3.05, 3.63) is 73.0 Å². The first-order valence-corrected chi connectivity index (χ1v) is 5.76. The van der Waals surface area contributed by atoms with E-state index in [-0.39, 0.29) is 0 Å². The lowest BCUT2D eigenvalue weighted by Crippen LogP contribution is -2.18. The van der Waals surface area contributed by atoms with Gasteiger partial charge in [0.05, 0.1) is 12.8 Å². The van der Waals surface area contributed by atoms with Gasteiger partial charge in [0.2, 0.25) is 0 Å². The van der Waals surface area contributed by atoms with Crippen molar-refractivity contribution in [3.8, 4) is 11.5 Å². The Labute approximate surface area is 107 Å². The van der Waals surface area contributed by atoms with Crippen LogP contribution in [0.4, 0.5) is 0 Å². The fourth-order valence-electron chi connectivity index (χ4n) is 1.34. The first-order valence-electron chi connectivity index (χ1n) is 5.76. The Kier molecular flexibility index (Phi) is 4.84. The lowest BCUT2D eigenvalue weighted by atomic mass is 10.3. The number of hydroxylamine groups is 1. The van der Waals surface area contributed by atoms with Crippen molar-refractivity contribution in [1.29, 1.82) is 0 Å². The predicted molar refractivity (Wildman–Crippen MR) is 71.3 cm³/mol. The van der Waals surface area contributed by atoms with E-state index in [2.05, 4.69) is 5.48 Å². The molecule has 0 aliphatic heterocycles. The van der Waals surface area contributed by atoms with Gasteiger partial charge in [-0.05, 0) is 30.3 Å². The lowest BCUT2D eigenvalue weighted by molar-refractivity contribution is 0.208. The van der Waals surface area contributed by atoms with Crippen LogP contribution in [0.5, 0.6) is 11.5 Å². The van der Waals surface area contributed by atoms with Crippen molar-refractivity contribution >= 4 is 0 Å². The third-order valence-corrected chi connectivity index (χ3v) is 2.18. The quantitative estimate of drug-likeness (QED) is 0.478. The smallest absolute Gasteiger partial charge is 0.147 e. The minimum absolute atomic E-state index is 0.571. The maximum Gasteiger partial charge on any atom is 0.147 e. The van der Waals surface area contributed by atoms with E-state index >= 15 is 0 Å². The third kappa shape index (κ3) is 4.31. The molecule has 92 valence electrons. The fourth-order valence-corrected chi connectivity index (χ4v) is 1.34. The van der Waals surface area contributed by atoms with E-state index in [1.807, 2.05) is 66.7 Å². The molecule has 0 aliphatic carbocycles.